The van der Waals surface area contributed by atoms with Crippen molar-refractivity contribution in [3.63, 3.8) is 0 Å². The van der Waals surface area contributed by atoms with Crippen LogP contribution in [-0.4, -0.2) is 22.6 Å². The molecule has 1 fully saturated rings. The van der Waals surface area contributed by atoms with Crippen LogP contribution in [0.15, 0.2) is 53.3 Å². The van der Waals surface area contributed by atoms with Crippen molar-refractivity contribution in [2.24, 2.45) is 0 Å². The Morgan fingerprint density at radius 1 is 1.00 bits per heavy atom. The van der Waals surface area contributed by atoms with Gasteiger partial charge in [-0.05, 0) is 49.2 Å². The quantitative estimate of drug-likeness (QED) is 0.777. The largest absolute Gasteiger partial charge is 0.371 e. The Bertz CT molecular complexity index is 873. The average Bonchev–Trinajstić information content (AvgIpc) is 2.91. The first-order valence-corrected chi connectivity index (χ1v) is 8.30. The van der Waals surface area contributed by atoms with Crippen LogP contribution in [0.4, 0.5) is 5.69 Å². The van der Waals surface area contributed by atoms with E-state index in [0.717, 1.165) is 42.0 Å². The number of halogens is 1. The lowest BCUT2D eigenvalue weighted by Crippen LogP contribution is -2.36. The van der Waals surface area contributed by atoms with Crippen LogP contribution in [0.3, 0.4) is 0 Å². The van der Waals surface area contributed by atoms with Crippen LogP contribution < -0.4 is 10.6 Å². The highest BCUT2D eigenvalue weighted by Gasteiger charge is 2.23. The second-order valence-corrected chi connectivity index (χ2v) is 6.45. The van der Waals surface area contributed by atoms with Gasteiger partial charge in [0.1, 0.15) is 0 Å². The Morgan fingerprint density at radius 2 is 1.70 bits per heavy atom. The first-order valence-electron chi connectivity index (χ1n) is 7.92. The van der Waals surface area contributed by atoms with E-state index in [1.165, 1.54) is 5.69 Å². The number of rotatable bonds is 2. The van der Waals surface area contributed by atoms with E-state index in [1.54, 1.807) is 0 Å². The molecule has 2 heterocycles. The van der Waals surface area contributed by atoms with E-state index in [2.05, 4.69) is 22.0 Å². The zero-order valence-electron chi connectivity index (χ0n) is 12.7. The Labute approximate surface area is 139 Å². The molecule has 0 aliphatic carbocycles. The Balaban J connectivity index is 1.56. The second-order valence-electron chi connectivity index (χ2n) is 6.01. The standard InChI is InChI=1S/C18H18ClN3O/c19-13-5-7-14(8-6-13)21-11-9-15(10-12-21)22-17-4-2-1-3-16(17)20-18(22)23/h1-8,15H,9-12H2,(H,20,23). The molecule has 4 nitrogen and oxygen atoms in total. The molecule has 0 saturated carbocycles. The first-order chi connectivity index (χ1) is 11.2. The van der Waals surface area contributed by atoms with Crippen LogP contribution in [0.25, 0.3) is 11.0 Å². The molecule has 4 rings (SSSR count). The number of benzene rings is 2. The smallest absolute Gasteiger partial charge is 0.326 e. The number of nitrogens with zero attached hydrogens (tertiary/aromatic N) is 2. The minimum Gasteiger partial charge on any atom is -0.371 e. The molecule has 0 bridgehead atoms. The third kappa shape index (κ3) is 2.63. The number of hydrogen-bond donors (Lipinski definition) is 1. The van der Waals surface area contributed by atoms with E-state index in [-0.39, 0.29) is 11.7 Å². The van der Waals surface area contributed by atoms with Gasteiger partial charge in [0.25, 0.3) is 0 Å². The number of hydrogen-bond acceptors (Lipinski definition) is 2. The Kier molecular flexibility index (Phi) is 3.62. The van der Waals surface area contributed by atoms with Gasteiger partial charge in [-0.25, -0.2) is 4.79 Å². The monoisotopic (exact) mass is 327 g/mol. The van der Waals surface area contributed by atoms with E-state index in [9.17, 15) is 4.79 Å². The van der Waals surface area contributed by atoms with Crippen LogP contribution in [0.2, 0.25) is 5.02 Å². The Morgan fingerprint density at radius 3 is 2.43 bits per heavy atom. The molecule has 1 saturated heterocycles. The molecule has 1 aromatic heterocycles. The van der Waals surface area contributed by atoms with Crippen molar-refractivity contribution in [1.29, 1.82) is 0 Å². The molecular weight excluding hydrogens is 310 g/mol. The summed E-state index contributed by atoms with van der Waals surface area (Å²) in [5, 5.41) is 0.758. The van der Waals surface area contributed by atoms with E-state index in [1.807, 2.05) is 41.0 Å². The van der Waals surface area contributed by atoms with Gasteiger partial charge in [0.15, 0.2) is 0 Å². The van der Waals surface area contributed by atoms with Crippen LogP contribution in [0, 0.1) is 0 Å². The number of fused-ring (bicyclic) bond motifs is 1. The van der Waals surface area contributed by atoms with E-state index >= 15 is 0 Å². The summed E-state index contributed by atoms with van der Waals surface area (Å²) in [5.41, 5.74) is 3.11. The van der Waals surface area contributed by atoms with Crippen LogP contribution in [0.5, 0.6) is 0 Å². The normalized spacial score (nSPS) is 16.1. The van der Waals surface area contributed by atoms with E-state index < -0.39 is 0 Å². The number of H-pyrrole nitrogens is 1. The summed E-state index contributed by atoms with van der Waals surface area (Å²) < 4.78 is 1.93. The minimum atomic E-state index is -0.00357. The number of aromatic amines is 1. The summed E-state index contributed by atoms with van der Waals surface area (Å²) in [6.07, 6.45) is 1.93. The predicted molar refractivity (Wildman–Crippen MR) is 94.5 cm³/mol. The molecule has 118 valence electrons. The van der Waals surface area contributed by atoms with Crippen LogP contribution in [0.1, 0.15) is 18.9 Å². The van der Waals surface area contributed by atoms with E-state index in [0.29, 0.717) is 0 Å². The summed E-state index contributed by atoms with van der Waals surface area (Å²) in [7, 11) is 0. The average molecular weight is 328 g/mol. The van der Waals surface area contributed by atoms with Crippen molar-refractivity contribution in [2.75, 3.05) is 18.0 Å². The maximum Gasteiger partial charge on any atom is 0.326 e. The molecular formula is C18H18ClN3O. The molecule has 0 spiro atoms. The van der Waals surface area contributed by atoms with Crippen molar-refractivity contribution in [2.45, 2.75) is 18.9 Å². The highest BCUT2D eigenvalue weighted by atomic mass is 35.5. The highest BCUT2D eigenvalue weighted by Crippen LogP contribution is 2.28. The van der Waals surface area contributed by atoms with E-state index in [4.69, 9.17) is 11.6 Å². The summed E-state index contributed by atoms with van der Waals surface area (Å²) in [5.74, 6) is 0. The number of piperidine rings is 1. The maximum atomic E-state index is 12.3. The molecule has 0 radical (unpaired) electrons. The number of imidazole rings is 1. The molecule has 1 aliphatic rings. The number of aromatic nitrogens is 2. The highest BCUT2D eigenvalue weighted by molar-refractivity contribution is 6.30. The van der Waals surface area contributed by atoms with Crippen molar-refractivity contribution < 1.29 is 0 Å². The second kappa shape index (κ2) is 5.78. The Hall–Kier alpha value is -2.20. The number of nitrogens with one attached hydrogen (secondary N) is 1. The van der Waals surface area contributed by atoms with Gasteiger partial charge < -0.3 is 9.88 Å². The molecule has 23 heavy (non-hydrogen) atoms. The fourth-order valence-electron chi connectivity index (χ4n) is 3.47. The minimum absolute atomic E-state index is 0.00357. The fraction of sp³-hybridized carbons (Fsp3) is 0.278. The van der Waals surface area contributed by atoms with Gasteiger partial charge in [-0.1, -0.05) is 23.7 Å². The molecule has 5 heteroatoms. The topological polar surface area (TPSA) is 41.0 Å². The lowest BCUT2D eigenvalue weighted by atomic mass is 10.0. The maximum absolute atomic E-state index is 12.3. The molecule has 2 aromatic carbocycles. The van der Waals surface area contributed by atoms with Gasteiger partial charge in [0.2, 0.25) is 0 Å². The van der Waals surface area contributed by atoms with Crippen LogP contribution in [-0.2, 0) is 0 Å². The zero-order valence-corrected chi connectivity index (χ0v) is 13.5. The van der Waals surface area contributed by atoms with Gasteiger partial charge in [0, 0.05) is 29.8 Å². The van der Waals surface area contributed by atoms with Crippen LogP contribution >= 0.6 is 11.6 Å². The first kappa shape index (κ1) is 14.4. The lowest BCUT2D eigenvalue weighted by molar-refractivity contribution is 0.396. The third-order valence-electron chi connectivity index (χ3n) is 4.65. The lowest BCUT2D eigenvalue weighted by Gasteiger charge is -2.34. The SMILES string of the molecule is O=c1[nH]c2ccccc2n1C1CCN(c2ccc(Cl)cc2)CC1. The van der Waals surface area contributed by atoms with Gasteiger partial charge in [-0.15, -0.1) is 0 Å². The fourth-order valence-corrected chi connectivity index (χ4v) is 3.60. The molecule has 0 atom stereocenters. The summed E-state index contributed by atoms with van der Waals surface area (Å²) in [6, 6.07) is 16.1. The summed E-state index contributed by atoms with van der Waals surface area (Å²) in [4.78, 5) is 17.6. The predicted octanol–water partition coefficient (Wildman–Crippen LogP) is 3.82. The molecule has 1 aliphatic heterocycles. The van der Waals surface area contributed by atoms with Crippen molar-refractivity contribution in [1.82, 2.24) is 9.55 Å². The van der Waals surface area contributed by atoms with Crippen molar-refractivity contribution in [3.05, 3.63) is 64.0 Å². The number of para-hydroxylation sites is 2. The van der Waals surface area contributed by atoms with Crippen molar-refractivity contribution in [3.8, 4) is 0 Å². The van der Waals surface area contributed by atoms with Gasteiger partial charge in [0.05, 0.1) is 11.0 Å². The summed E-state index contributed by atoms with van der Waals surface area (Å²) in [6.45, 7) is 1.89. The summed E-state index contributed by atoms with van der Waals surface area (Å²) >= 11 is 5.95. The third-order valence-corrected chi connectivity index (χ3v) is 4.90. The van der Waals surface area contributed by atoms with Gasteiger partial charge in [-0.2, -0.15) is 0 Å². The zero-order chi connectivity index (χ0) is 15.8. The van der Waals surface area contributed by atoms with Gasteiger partial charge >= 0.3 is 5.69 Å². The molecule has 0 amide bonds. The molecule has 1 N–H and O–H groups in total. The van der Waals surface area contributed by atoms with Gasteiger partial charge in [-0.3, -0.25) is 4.57 Å². The number of anilines is 1. The molecule has 0 unspecified atom stereocenters. The van der Waals surface area contributed by atoms with Crippen molar-refractivity contribution >= 4 is 28.3 Å². The molecule has 3 aromatic rings.